The third-order valence-electron chi connectivity index (χ3n) is 1.48. The van der Waals surface area contributed by atoms with Crippen molar-refractivity contribution >= 4 is 5.97 Å². The van der Waals surface area contributed by atoms with Crippen LogP contribution in [0.5, 0.6) is 0 Å². The van der Waals surface area contributed by atoms with Gasteiger partial charge in [-0.3, -0.25) is 4.79 Å². The van der Waals surface area contributed by atoms with Gasteiger partial charge in [0.1, 0.15) is 0 Å². The van der Waals surface area contributed by atoms with Gasteiger partial charge in [0.05, 0.1) is 13.0 Å². The average Bonchev–Trinajstić information content (AvgIpc) is 2.03. The molecule has 0 aromatic carbocycles. The van der Waals surface area contributed by atoms with Crippen LogP contribution in [0.1, 0.15) is 20.3 Å². The van der Waals surface area contributed by atoms with Gasteiger partial charge in [0.2, 0.25) is 0 Å². The van der Waals surface area contributed by atoms with Crippen LogP contribution in [0, 0.1) is 5.92 Å². The topological polar surface area (TPSA) is 38.3 Å². The first-order chi connectivity index (χ1) is 5.22. The summed E-state index contributed by atoms with van der Waals surface area (Å²) >= 11 is 0. The van der Waals surface area contributed by atoms with Crippen LogP contribution in [0.25, 0.3) is 0 Å². The second-order valence-corrected chi connectivity index (χ2v) is 2.63. The molecule has 0 saturated heterocycles. The highest BCUT2D eigenvalue weighted by molar-refractivity contribution is 5.71. The monoisotopic (exact) mass is 159 g/mol. The minimum Gasteiger partial charge on any atom is -0.469 e. The maximum Gasteiger partial charge on any atom is 0.309 e. The lowest BCUT2D eigenvalue weighted by Gasteiger charge is -2.08. The van der Waals surface area contributed by atoms with Gasteiger partial charge in [-0.15, -0.1) is 0 Å². The van der Waals surface area contributed by atoms with E-state index < -0.39 is 0 Å². The highest BCUT2D eigenvalue weighted by atomic mass is 16.5. The Morgan fingerprint density at radius 2 is 2.27 bits per heavy atom. The minimum absolute atomic E-state index is 0.0356. The molecule has 3 heteroatoms. The van der Waals surface area contributed by atoms with Crippen molar-refractivity contribution in [2.24, 2.45) is 5.92 Å². The Hall–Kier alpha value is -0.570. The Labute approximate surface area is 68.1 Å². The molecule has 0 fully saturated rings. The fraction of sp³-hybridized carbons (Fsp3) is 0.875. The minimum atomic E-state index is -0.145. The highest BCUT2D eigenvalue weighted by Crippen LogP contribution is 1.94. The van der Waals surface area contributed by atoms with Gasteiger partial charge >= 0.3 is 5.97 Å². The van der Waals surface area contributed by atoms with Crippen LogP contribution in [0.4, 0.5) is 0 Å². The molecule has 0 aliphatic rings. The lowest BCUT2D eigenvalue weighted by atomic mass is 10.2. The number of carbonyl (C=O) groups is 1. The van der Waals surface area contributed by atoms with Crippen molar-refractivity contribution in [3.63, 3.8) is 0 Å². The van der Waals surface area contributed by atoms with E-state index in [9.17, 15) is 4.79 Å². The normalized spacial score (nSPS) is 12.6. The smallest absolute Gasteiger partial charge is 0.309 e. The average molecular weight is 159 g/mol. The number of methoxy groups -OCH3 is 1. The number of nitrogens with one attached hydrogen (secondary N) is 1. The molecule has 11 heavy (non-hydrogen) atoms. The fourth-order valence-corrected chi connectivity index (χ4v) is 0.780. The maximum absolute atomic E-state index is 10.8. The summed E-state index contributed by atoms with van der Waals surface area (Å²) in [4.78, 5) is 10.8. The third kappa shape index (κ3) is 4.79. The molecule has 0 aromatic heterocycles. The quantitative estimate of drug-likeness (QED) is 0.476. The van der Waals surface area contributed by atoms with Crippen molar-refractivity contribution in [3.05, 3.63) is 0 Å². The Morgan fingerprint density at radius 1 is 1.64 bits per heavy atom. The molecule has 0 heterocycles. The van der Waals surface area contributed by atoms with Crippen molar-refractivity contribution in [1.82, 2.24) is 5.32 Å². The zero-order chi connectivity index (χ0) is 8.69. The number of hydrogen-bond donors (Lipinski definition) is 1. The van der Waals surface area contributed by atoms with E-state index in [1.807, 2.05) is 6.92 Å². The molecule has 0 rings (SSSR count). The number of hydrogen-bond acceptors (Lipinski definition) is 3. The molecule has 0 spiro atoms. The zero-order valence-corrected chi connectivity index (χ0v) is 7.52. The van der Waals surface area contributed by atoms with Crippen LogP contribution in [-0.4, -0.2) is 26.2 Å². The van der Waals surface area contributed by atoms with Gasteiger partial charge in [0, 0.05) is 6.54 Å². The van der Waals surface area contributed by atoms with E-state index in [0.717, 1.165) is 13.0 Å². The van der Waals surface area contributed by atoms with E-state index in [1.165, 1.54) is 7.11 Å². The van der Waals surface area contributed by atoms with Crippen LogP contribution in [0.3, 0.4) is 0 Å². The van der Waals surface area contributed by atoms with Crippen LogP contribution < -0.4 is 5.32 Å². The Morgan fingerprint density at radius 3 is 2.73 bits per heavy atom. The summed E-state index contributed by atoms with van der Waals surface area (Å²) in [5.41, 5.74) is 0. The lowest BCUT2D eigenvalue weighted by Crippen LogP contribution is -2.27. The van der Waals surface area contributed by atoms with Crippen molar-refractivity contribution in [3.8, 4) is 0 Å². The molecule has 1 unspecified atom stereocenters. The summed E-state index contributed by atoms with van der Waals surface area (Å²) < 4.78 is 4.56. The van der Waals surface area contributed by atoms with Crippen molar-refractivity contribution in [1.29, 1.82) is 0 Å². The van der Waals surface area contributed by atoms with Crippen molar-refractivity contribution in [2.45, 2.75) is 20.3 Å². The molecule has 66 valence electrons. The fourth-order valence-electron chi connectivity index (χ4n) is 0.780. The zero-order valence-electron chi connectivity index (χ0n) is 7.52. The van der Waals surface area contributed by atoms with Crippen LogP contribution >= 0.6 is 0 Å². The van der Waals surface area contributed by atoms with Crippen LogP contribution in [-0.2, 0) is 9.53 Å². The lowest BCUT2D eigenvalue weighted by molar-refractivity contribution is -0.144. The van der Waals surface area contributed by atoms with Crippen LogP contribution in [0.2, 0.25) is 0 Å². The Kier molecular flexibility index (Phi) is 5.84. The summed E-state index contributed by atoms with van der Waals surface area (Å²) in [5.74, 6) is -0.180. The van der Waals surface area contributed by atoms with Crippen molar-refractivity contribution < 1.29 is 9.53 Å². The molecule has 1 N–H and O–H groups in total. The molecule has 1 atom stereocenters. The maximum atomic E-state index is 10.8. The molecule has 0 radical (unpaired) electrons. The molecule has 0 amide bonds. The SMILES string of the molecule is CCCNCC(C)C(=O)OC. The standard InChI is InChI=1S/C8H17NO2/c1-4-5-9-6-7(2)8(10)11-3/h7,9H,4-6H2,1-3H3. The molecular weight excluding hydrogens is 142 g/mol. The van der Waals surface area contributed by atoms with Gasteiger partial charge in [-0.1, -0.05) is 13.8 Å². The number of ether oxygens (including phenoxy) is 1. The molecule has 0 bridgehead atoms. The summed E-state index contributed by atoms with van der Waals surface area (Å²) in [6.45, 7) is 5.62. The van der Waals surface area contributed by atoms with Crippen molar-refractivity contribution in [2.75, 3.05) is 20.2 Å². The second-order valence-electron chi connectivity index (χ2n) is 2.63. The van der Waals surface area contributed by atoms with E-state index in [1.54, 1.807) is 0 Å². The van der Waals surface area contributed by atoms with E-state index in [-0.39, 0.29) is 11.9 Å². The molecular formula is C8H17NO2. The summed E-state index contributed by atoms with van der Waals surface area (Å²) in [5, 5.41) is 3.15. The first kappa shape index (κ1) is 10.4. The number of rotatable bonds is 5. The van der Waals surface area contributed by atoms with Gasteiger partial charge in [-0.05, 0) is 13.0 Å². The predicted molar refractivity (Wildman–Crippen MR) is 44.3 cm³/mol. The summed E-state index contributed by atoms with van der Waals surface area (Å²) in [6, 6.07) is 0. The van der Waals surface area contributed by atoms with E-state index >= 15 is 0 Å². The van der Waals surface area contributed by atoms with Crippen LogP contribution in [0.15, 0.2) is 0 Å². The second kappa shape index (κ2) is 6.16. The Balaban J connectivity index is 3.36. The molecule has 0 saturated carbocycles. The van der Waals surface area contributed by atoms with Gasteiger partial charge in [-0.25, -0.2) is 0 Å². The van der Waals surface area contributed by atoms with Gasteiger partial charge in [0.15, 0.2) is 0 Å². The first-order valence-electron chi connectivity index (χ1n) is 4.00. The third-order valence-corrected chi connectivity index (χ3v) is 1.48. The van der Waals surface area contributed by atoms with Gasteiger partial charge < -0.3 is 10.1 Å². The summed E-state index contributed by atoms with van der Waals surface area (Å²) in [7, 11) is 1.42. The molecule has 0 aliphatic heterocycles. The van der Waals surface area contributed by atoms with E-state index in [4.69, 9.17) is 0 Å². The summed E-state index contributed by atoms with van der Waals surface area (Å²) in [6.07, 6.45) is 1.09. The largest absolute Gasteiger partial charge is 0.469 e. The first-order valence-corrected chi connectivity index (χ1v) is 4.00. The van der Waals surface area contributed by atoms with E-state index in [0.29, 0.717) is 6.54 Å². The Bertz CT molecular complexity index is 115. The number of carbonyl (C=O) groups excluding carboxylic acids is 1. The molecule has 0 aromatic rings. The predicted octanol–water partition coefficient (Wildman–Crippen LogP) is 0.795. The van der Waals surface area contributed by atoms with E-state index in [2.05, 4.69) is 17.0 Å². The molecule has 3 nitrogen and oxygen atoms in total. The highest BCUT2D eigenvalue weighted by Gasteiger charge is 2.10. The molecule has 0 aliphatic carbocycles. The number of esters is 1. The van der Waals surface area contributed by atoms with Gasteiger partial charge in [-0.2, -0.15) is 0 Å². The van der Waals surface area contributed by atoms with Gasteiger partial charge in [0.25, 0.3) is 0 Å².